The summed E-state index contributed by atoms with van der Waals surface area (Å²) in [6, 6.07) is 15.3. The molecule has 0 atom stereocenters. The zero-order valence-electron chi connectivity index (χ0n) is 13.6. The summed E-state index contributed by atoms with van der Waals surface area (Å²) < 4.78 is 5.80. The van der Waals surface area contributed by atoms with Crippen molar-refractivity contribution in [3.8, 4) is 5.75 Å². The van der Waals surface area contributed by atoms with Crippen LogP contribution in [-0.4, -0.2) is 10.9 Å². The number of aromatic nitrogens is 1. The Morgan fingerprint density at radius 3 is 2.75 bits per heavy atom. The van der Waals surface area contributed by atoms with Gasteiger partial charge in [-0.1, -0.05) is 35.9 Å². The van der Waals surface area contributed by atoms with Crippen LogP contribution in [0.3, 0.4) is 0 Å². The number of thiazole rings is 1. The summed E-state index contributed by atoms with van der Waals surface area (Å²) >= 11 is 1.41. The molecule has 0 bridgehead atoms. The Bertz CT molecular complexity index is 858. The molecule has 4 nitrogen and oxygen atoms in total. The predicted octanol–water partition coefficient (Wildman–Crippen LogP) is 4.59. The second-order valence-corrected chi connectivity index (χ2v) is 6.41. The van der Waals surface area contributed by atoms with E-state index in [2.05, 4.69) is 29.4 Å². The highest BCUT2D eigenvalue weighted by Crippen LogP contribution is 2.19. The number of amides is 1. The van der Waals surface area contributed by atoms with Crippen molar-refractivity contribution in [2.45, 2.75) is 20.5 Å². The molecule has 2 aromatic carbocycles. The first-order valence-electron chi connectivity index (χ1n) is 7.62. The molecule has 0 fully saturated rings. The van der Waals surface area contributed by atoms with Gasteiger partial charge in [0, 0.05) is 10.9 Å². The van der Waals surface area contributed by atoms with E-state index in [0.717, 1.165) is 11.3 Å². The molecule has 1 amide bonds. The van der Waals surface area contributed by atoms with Crippen LogP contribution in [0, 0.1) is 13.8 Å². The Morgan fingerprint density at radius 1 is 1.17 bits per heavy atom. The lowest BCUT2D eigenvalue weighted by atomic mass is 10.1. The van der Waals surface area contributed by atoms with Crippen molar-refractivity contribution in [2.75, 3.05) is 5.32 Å². The Kier molecular flexibility index (Phi) is 4.91. The van der Waals surface area contributed by atoms with Crippen LogP contribution in [0.25, 0.3) is 0 Å². The van der Waals surface area contributed by atoms with Gasteiger partial charge in [0.2, 0.25) is 0 Å². The lowest BCUT2D eigenvalue weighted by Gasteiger charge is -2.08. The van der Waals surface area contributed by atoms with E-state index in [4.69, 9.17) is 4.74 Å². The van der Waals surface area contributed by atoms with Crippen LogP contribution in [0.15, 0.2) is 53.9 Å². The van der Waals surface area contributed by atoms with Gasteiger partial charge in [-0.25, -0.2) is 4.98 Å². The Morgan fingerprint density at radius 2 is 2.00 bits per heavy atom. The Balaban J connectivity index is 1.66. The highest BCUT2D eigenvalue weighted by molar-refractivity contribution is 7.13. The molecule has 0 unspecified atom stereocenters. The molecule has 122 valence electrons. The minimum Gasteiger partial charge on any atom is -0.489 e. The van der Waals surface area contributed by atoms with Gasteiger partial charge in [-0.05, 0) is 37.6 Å². The molecule has 0 saturated carbocycles. The van der Waals surface area contributed by atoms with Crippen LogP contribution in [-0.2, 0) is 6.61 Å². The topological polar surface area (TPSA) is 51.2 Å². The first-order chi connectivity index (χ1) is 11.6. The Labute approximate surface area is 145 Å². The molecule has 0 saturated heterocycles. The SMILES string of the molecule is Cc1cccc(COc2cccc(C(=O)Nc3nc(C)cs3)c2)c1. The summed E-state index contributed by atoms with van der Waals surface area (Å²) in [5.74, 6) is 0.477. The number of hydrogen-bond acceptors (Lipinski definition) is 4. The monoisotopic (exact) mass is 338 g/mol. The van der Waals surface area contributed by atoms with Crippen LogP contribution in [0.4, 0.5) is 5.13 Å². The molecule has 0 aliphatic rings. The second-order valence-electron chi connectivity index (χ2n) is 5.55. The normalized spacial score (nSPS) is 10.4. The molecular formula is C19H18N2O2S. The zero-order chi connectivity index (χ0) is 16.9. The third-order valence-corrected chi connectivity index (χ3v) is 4.30. The van der Waals surface area contributed by atoms with Crippen molar-refractivity contribution in [3.05, 3.63) is 76.3 Å². The van der Waals surface area contributed by atoms with E-state index in [0.29, 0.717) is 23.1 Å². The van der Waals surface area contributed by atoms with Crippen LogP contribution in [0.2, 0.25) is 0 Å². The Hall–Kier alpha value is -2.66. The van der Waals surface area contributed by atoms with E-state index in [-0.39, 0.29) is 5.91 Å². The molecule has 0 aliphatic carbocycles. The van der Waals surface area contributed by atoms with Gasteiger partial charge in [0.25, 0.3) is 5.91 Å². The number of nitrogens with zero attached hydrogens (tertiary/aromatic N) is 1. The van der Waals surface area contributed by atoms with Crippen molar-refractivity contribution in [2.24, 2.45) is 0 Å². The largest absolute Gasteiger partial charge is 0.489 e. The molecule has 5 heteroatoms. The average molecular weight is 338 g/mol. The first-order valence-corrected chi connectivity index (χ1v) is 8.50. The molecule has 1 heterocycles. The molecule has 3 aromatic rings. The lowest BCUT2D eigenvalue weighted by molar-refractivity contribution is 0.102. The molecule has 0 radical (unpaired) electrons. The smallest absolute Gasteiger partial charge is 0.257 e. The summed E-state index contributed by atoms with van der Waals surface area (Å²) in [6.07, 6.45) is 0. The molecule has 1 aromatic heterocycles. The third kappa shape index (κ3) is 4.20. The lowest BCUT2D eigenvalue weighted by Crippen LogP contribution is -2.11. The molecule has 1 N–H and O–H groups in total. The van der Waals surface area contributed by atoms with Gasteiger partial charge in [-0.3, -0.25) is 10.1 Å². The minimum absolute atomic E-state index is 0.189. The van der Waals surface area contributed by atoms with E-state index < -0.39 is 0 Å². The van der Waals surface area contributed by atoms with Gasteiger partial charge in [-0.15, -0.1) is 11.3 Å². The average Bonchev–Trinajstić information content (AvgIpc) is 2.98. The quantitative estimate of drug-likeness (QED) is 0.740. The van der Waals surface area contributed by atoms with Crippen molar-refractivity contribution >= 4 is 22.4 Å². The van der Waals surface area contributed by atoms with E-state index in [1.165, 1.54) is 16.9 Å². The fraction of sp³-hybridized carbons (Fsp3) is 0.158. The number of hydrogen-bond donors (Lipinski definition) is 1. The number of carbonyl (C=O) groups excluding carboxylic acids is 1. The van der Waals surface area contributed by atoms with Crippen LogP contribution >= 0.6 is 11.3 Å². The summed E-state index contributed by atoms with van der Waals surface area (Å²) in [6.45, 7) is 4.42. The summed E-state index contributed by atoms with van der Waals surface area (Å²) in [4.78, 5) is 16.5. The van der Waals surface area contributed by atoms with Crippen LogP contribution in [0.1, 0.15) is 27.2 Å². The summed E-state index contributed by atoms with van der Waals surface area (Å²) in [5.41, 5.74) is 3.74. The molecule has 3 rings (SSSR count). The third-order valence-electron chi connectivity index (χ3n) is 3.42. The number of benzene rings is 2. The van der Waals surface area contributed by atoms with Gasteiger partial charge >= 0.3 is 0 Å². The van der Waals surface area contributed by atoms with E-state index in [1.807, 2.05) is 36.6 Å². The highest BCUT2D eigenvalue weighted by atomic mass is 32.1. The zero-order valence-corrected chi connectivity index (χ0v) is 14.4. The van der Waals surface area contributed by atoms with E-state index >= 15 is 0 Å². The second kappa shape index (κ2) is 7.27. The van der Waals surface area contributed by atoms with Crippen molar-refractivity contribution in [1.82, 2.24) is 4.98 Å². The van der Waals surface area contributed by atoms with Gasteiger partial charge in [0.1, 0.15) is 12.4 Å². The fourth-order valence-corrected chi connectivity index (χ4v) is 2.96. The van der Waals surface area contributed by atoms with E-state index in [9.17, 15) is 4.79 Å². The fourth-order valence-electron chi connectivity index (χ4n) is 2.28. The van der Waals surface area contributed by atoms with Crippen molar-refractivity contribution in [1.29, 1.82) is 0 Å². The first kappa shape index (κ1) is 16.2. The maximum atomic E-state index is 12.3. The van der Waals surface area contributed by atoms with Gasteiger partial charge in [-0.2, -0.15) is 0 Å². The number of nitrogens with one attached hydrogen (secondary N) is 1. The van der Waals surface area contributed by atoms with Crippen LogP contribution in [0.5, 0.6) is 5.75 Å². The minimum atomic E-state index is -0.189. The van der Waals surface area contributed by atoms with E-state index in [1.54, 1.807) is 12.1 Å². The number of ether oxygens (including phenoxy) is 1. The number of carbonyl (C=O) groups is 1. The molecule has 0 spiro atoms. The molecular weight excluding hydrogens is 320 g/mol. The number of anilines is 1. The standard InChI is InChI=1S/C19H18N2O2S/c1-13-5-3-6-15(9-13)11-23-17-8-4-7-16(10-17)18(22)21-19-20-14(2)12-24-19/h3-10,12H,11H2,1-2H3,(H,20,21,22). The summed E-state index contributed by atoms with van der Waals surface area (Å²) in [7, 11) is 0. The maximum Gasteiger partial charge on any atom is 0.257 e. The molecule has 0 aliphatic heterocycles. The molecule has 24 heavy (non-hydrogen) atoms. The highest BCUT2D eigenvalue weighted by Gasteiger charge is 2.09. The number of rotatable bonds is 5. The van der Waals surface area contributed by atoms with Crippen molar-refractivity contribution in [3.63, 3.8) is 0 Å². The maximum absolute atomic E-state index is 12.3. The van der Waals surface area contributed by atoms with Gasteiger partial charge < -0.3 is 4.74 Å². The van der Waals surface area contributed by atoms with Gasteiger partial charge in [0.15, 0.2) is 5.13 Å². The predicted molar refractivity (Wildman–Crippen MR) is 96.8 cm³/mol. The summed E-state index contributed by atoms with van der Waals surface area (Å²) in [5, 5.41) is 5.30. The van der Waals surface area contributed by atoms with Gasteiger partial charge in [0.05, 0.1) is 5.69 Å². The van der Waals surface area contributed by atoms with Crippen molar-refractivity contribution < 1.29 is 9.53 Å². The van der Waals surface area contributed by atoms with Crippen LogP contribution < -0.4 is 10.1 Å². The number of aryl methyl sites for hydroxylation is 2.